The van der Waals surface area contributed by atoms with Gasteiger partial charge >= 0.3 is 0 Å². The predicted molar refractivity (Wildman–Crippen MR) is 107 cm³/mol. The average Bonchev–Trinajstić information content (AvgIpc) is 2.99. The van der Waals surface area contributed by atoms with Gasteiger partial charge in [-0.05, 0) is 18.9 Å². The second-order valence-electron chi connectivity index (χ2n) is 6.48. The molecule has 0 aliphatic carbocycles. The second kappa shape index (κ2) is 10.0. The number of thioether (sulfide) groups is 1. The van der Waals surface area contributed by atoms with Crippen molar-refractivity contribution in [3.63, 3.8) is 0 Å². The van der Waals surface area contributed by atoms with Gasteiger partial charge in [-0.1, -0.05) is 36.0 Å². The first kappa shape index (κ1) is 21.6. The Labute approximate surface area is 168 Å². The topological polar surface area (TPSA) is 120 Å². The minimum absolute atomic E-state index is 0.0000898. The lowest BCUT2D eigenvalue weighted by molar-refractivity contribution is -0.119. The van der Waals surface area contributed by atoms with Crippen LogP contribution in [0, 0.1) is 0 Å². The fraction of sp³-hybridized carbons (Fsp3) is 0.421. The molecule has 2 amide bonds. The van der Waals surface area contributed by atoms with Gasteiger partial charge in [-0.15, -0.1) is 10.2 Å². The minimum Gasteiger partial charge on any atom is -0.370 e. The van der Waals surface area contributed by atoms with Crippen LogP contribution in [0.1, 0.15) is 42.0 Å². The number of ketones is 1. The summed E-state index contributed by atoms with van der Waals surface area (Å²) >= 11 is 1.33. The first-order valence-corrected chi connectivity index (χ1v) is 9.86. The van der Waals surface area contributed by atoms with Crippen LogP contribution in [0.2, 0.25) is 0 Å². The maximum atomic E-state index is 12.7. The zero-order valence-corrected chi connectivity index (χ0v) is 17.1. The summed E-state index contributed by atoms with van der Waals surface area (Å²) in [7, 11) is 1.81. The van der Waals surface area contributed by atoms with Gasteiger partial charge in [-0.3, -0.25) is 14.4 Å². The molecule has 1 atom stereocenters. The molecule has 0 radical (unpaired) electrons. The number of Topliss-reactive ketones (excluding diaryl/α,β-unsaturated/α-hetero) is 1. The summed E-state index contributed by atoms with van der Waals surface area (Å²) in [6, 6.07) is 7.41. The van der Waals surface area contributed by atoms with E-state index in [0.29, 0.717) is 35.9 Å². The highest BCUT2D eigenvalue weighted by Gasteiger charge is 2.20. The molecule has 1 aromatic carbocycles. The number of hydrogen-bond acceptors (Lipinski definition) is 6. The van der Waals surface area contributed by atoms with Gasteiger partial charge < -0.3 is 15.6 Å². The fourth-order valence-corrected chi connectivity index (χ4v) is 3.48. The molecule has 0 bridgehead atoms. The van der Waals surface area contributed by atoms with Crippen LogP contribution in [0.15, 0.2) is 29.4 Å². The van der Waals surface area contributed by atoms with Crippen molar-refractivity contribution in [2.24, 2.45) is 12.8 Å². The third-order valence-electron chi connectivity index (χ3n) is 4.20. The molecule has 0 unspecified atom stereocenters. The van der Waals surface area contributed by atoms with E-state index in [1.165, 1.54) is 18.7 Å². The molecule has 0 spiro atoms. The summed E-state index contributed by atoms with van der Waals surface area (Å²) in [6.07, 6.45) is 1.34. The van der Waals surface area contributed by atoms with Crippen LogP contribution >= 0.6 is 11.8 Å². The van der Waals surface area contributed by atoms with Crippen molar-refractivity contribution in [3.8, 4) is 0 Å². The van der Waals surface area contributed by atoms with Crippen LogP contribution in [0.25, 0.3) is 0 Å². The highest BCUT2D eigenvalue weighted by atomic mass is 32.2. The molecule has 0 aliphatic heterocycles. The summed E-state index contributed by atoms with van der Waals surface area (Å²) in [5.41, 5.74) is 6.85. The van der Waals surface area contributed by atoms with Gasteiger partial charge in [0.05, 0.1) is 5.25 Å². The number of nitrogens with one attached hydrogen (secondary N) is 1. The molecule has 0 aliphatic rings. The molecule has 9 heteroatoms. The Morgan fingerprint density at radius 1 is 1.18 bits per heavy atom. The van der Waals surface area contributed by atoms with E-state index in [-0.39, 0.29) is 29.3 Å². The number of nitrogens with two attached hydrogens (primary N) is 1. The molecular weight excluding hydrogens is 378 g/mol. The normalized spacial score (nSPS) is 11.8. The molecule has 8 nitrogen and oxygen atoms in total. The Bertz CT molecular complexity index is 848. The van der Waals surface area contributed by atoms with Crippen LogP contribution < -0.4 is 11.1 Å². The molecule has 1 heterocycles. The molecule has 3 N–H and O–H groups in total. The monoisotopic (exact) mass is 403 g/mol. The zero-order chi connectivity index (χ0) is 20.7. The van der Waals surface area contributed by atoms with Crippen molar-refractivity contribution in [1.82, 2.24) is 20.1 Å². The van der Waals surface area contributed by atoms with Gasteiger partial charge in [0, 0.05) is 38.9 Å². The van der Waals surface area contributed by atoms with E-state index in [4.69, 9.17) is 5.73 Å². The van der Waals surface area contributed by atoms with Gasteiger partial charge in [-0.25, -0.2) is 0 Å². The van der Waals surface area contributed by atoms with Crippen molar-refractivity contribution in [3.05, 3.63) is 41.2 Å². The van der Waals surface area contributed by atoms with Gasteiger partial charge in [0.15, 0.2) is 10.9 Å². The summed E-state index contributed by atoms with van der Waals surface area (Å²) in [4.78, 5) is 34.5. The molecule has 0 fully saturated rings. The van der Waals surface area contributed by atoms with Gasteiger partial charge in [0.25, 0.3) is 0 Å². The molecule has 150 valence electrons. The second-order valence-corrected chi connectivity index (χ2v) is 7.79. The number of primary amides is 1. The molecule has 0 saturated carbocycles. The van der Waals surface area contributed by atoms with E-state index < -0.39 is 0 Å². The highest BCUT2D eigenvalue weighted by molar-refractivity contribution is 8.00. The maximum Gasteiger partial charge on any atom is 0.217 e. The smallest absolute Gasteiger partial charge is 0.217 e. The Hall–Kier alpha value is -2.68. The number of aryl methyl sites for hydroxylation is 1. The summed E-state index contributed by atoms with van der Waals surface area (Å²) in [5.74, 6) is 0.213. The van der Waals surface area contributed by atoms with Crippen LogP contribution in [-0.4, -0.2) is 44.2 Å². The quantitative estimate of drug-likeness (QED) is 0.455. The molecule has 2 rings (SSSR count). The number of carbonyl (C=O) groups excluding carboxylic acids is 3. The Morgan fingerprint density at radius 2 is 1.86 bits per heavy atom. The Morgan fingerprint density at radius 3 is 2.46 bits per heavy atom. The predicted octanol–water partition coefficient (Wildman–Crippen LogP) is 1.28. The summed E-state index contributed by atoms with van der Waals surface area (Å²) in [5, 5.41) is 11.2. The van der Waals surface area contributed by atoms with Gasteiger partial charge in [0.1, 0.15) is 5.82 Å². The number of rotatable bonds is 10. The minimum atomic E-state index is -0.388. The van der Waals surface area contributed by atoms with Crippen molar-refractivity contribution in [1.29, 1.82) is 0 Å². The molecule has 2 aromatic rings. The lowest BCUT2D eigenvalue weighted by atomic mass is 10.0. The third-order valence-corrected chi connectivity index (χ3v) is 5.33. The summed E-state index contributed by atoms with van der Waals surface area (Å²) < 4.78 is 1.78. The van der Waals surface area contributed by atoms with E-state index >= 15 is 0 Å². The van der Waals surface area contributed by atoms with Crippen molar-refractivity contribution >= 4 is 29.4 Å². The average molecular weight is 404 g/mol. The fourth-order valence-electron chi connectivity index (χ4n) is 2.57. The van der Waals surface area contributed by atoms with Crippen molar-refractivity contribution in [2.45, 2.75) is 43.5 Å². The first-order valence-electron chi connectivity index (χ1n) is 8.98. The van der Waals surface area contributed by atoms with E-state index in [9.17, 15) is 14.4 Å². The molecular formula is C19H25N5O3S. The third kappa shape index (κ3) is 6.19. The standard InChI is InChI=1S/C19H25N5O3S/c1-12(28-19-23-22-17(24(19)3)9-8-16(20)26)18(27)15-6-4-14(5-7-15)10-11-21-13(2)25/h4-7,12H,8-11H2,1-3H3,(H2,20,26)(H,21,25)/t12-/m1/s1. The lowest BCUT2D eigenvalue weighted by Gasteiger charge is -2.11. The molecule has 28 heavy (non-hydrogen) atoms. The number of hydrogen-bond donors (Lipinski definition) is 2. The van der Waals surface area contributed by atoms with Crippen LogP contribution in [-0.2, 0) is 29.5 Å². The van der Waals surface area contributed by atoms with Crippen LogP contribution in [0.3, 0.4) is 0 Å². The number of carbonyl (C=O) groups is 3. The molecule has 0 saturated heterocycles. The summed E-state index contributed by atoms with van der Waals surface area (Å²) in [6.45, 7) is 3.88. The zero-order valence-electron chi connectivity index (χ0n) is 16.3. The maximum absolute atomic E-state index is 12.7. The van der Waals surface area contributed by atoms with E-state index in [1.807, 2.05) is 19.1 Å². The Kier molecular flexibility index (Phi) is 7.74. The van der Waals surface area contributed by atoms with Gasteiger partial charge in [-0.2, -0.15) is 0 Å². The van der Waals surface area contributed by atoms with Crippen molar-refractivity contribution < 1.29 is 14.4 Å². The number of amides is 2. The number of nitrogens with zero attached hydrogens (tertiary/aromatic N) is 3. The largest absolute Gasteiger partial charge is 0.370 e. The highest BCUT2D eigenvalue weighted by Crippen LogP contribution is 2.24. The van der Waals surface area contributed by atoms with Crippen molar-refractivity contribution in [2.75, 3.05) is 6.54 Å². The first-order chi connectivity index (χ1) is 13.3. The number of aromatic nitrogens is 3. The lowest BCUT2D eigenvalue weighted by Crippen LogP contribution is -2.22. The van der Waals surface area contributed by atoms with Crippen LogP contribution in [0.5, 0.6) is 0 Å². The van der Waals surface area contributed by atoms with Gasteiger partial charge in [0.2, 0.25) is 11.8 Å². The van der Waals surface area contributed by atoms with E-state index in [2.05, 4.69) is 15.5 Å². The van der Waals surface area contributed by atoms with E-state index in [1.54, 1.807) is 23.7 Å². The van der Waals surface area contributed by atoms with Crippen LogP contribution in [0.4, 0.5) is 0 Å². The van der Waals surface area contributed by atoms with E-state index in [0.717, 1.165) is 5.56 Å². The molecule has 1 aromatic heterocycles. The Balaban J connectivity index is 1.95. The number of benzene rings is 1. The SMILES string of the molecule is CC(=O)NCCc1ccc(C(=O)[C@@H](C)Sc2nnc(CCC(N)=O)n2C)cc1.